The average Bonchev–Trinajstić information content (AvgIpc) is 2.51. The number of nitrogens with one attached hydrogen (secondary N) is 1. The predicted molar refractivity (Wildman–Crippen MR) is 90.6 cm³/mol. The van der Waals surface area contributed by atoms with Gasteiger partial charge in [-0.15, -0.1) is 0 Å². The summed E-state index contributed by atoms with van der Waals surface area (Å²) in [6.07, 6.45) is 1.22. The second-order valence-electron chi connectivity index (χ2n) is 5.11. The number of aryl methyl sites for hydroxylation is 1. The van der Waals surface area contributed by atoms with Gasteiger partial charge in [0.15, 0.2) is 0 Å². The van der Waals surface area contributed by atoms with E-state index in [0.29, 0.717) is 32.6 Å². The highest BCUT2D eigenvalue weighted by atomic mass is 32.2. The molecule has 24 heavy (non-hydrogen) atoms. The van der Waals surface area contributed by atoms with Crippen LogP contribution in [0.4, 0.5) is 0 Å². The second-order valence-corrected chi connectivity index (χ2v) is 8.60. The van der Waals surface area contributed by atoms with Crippen molar-refractivity contribution in [2.24, 2.45) is 5.14 Å². The molecule has 0 unspecified atom stereocenters. The Hall–Kier alpha value is -1.04. The Morgan fingerprint density at radius 3 is 2.29 bits per heavy atom. The fourth-order valence-corrected chi connectivity index (χ4v) is 3.30. The molecule has 0 saturated carbocycles. The number of benzene rings is 1. The Bertz CT molecular complexity index is 686. The number of hydrogen-bond acceptors (Lipinski definition) is 6. The number of hydrogen-bond donors (Lipinski definition) is 2. The van der Waals surface area contributed by atoms with Crippen LogP contribution in [0.2, 0.25) is 0 Å². The van der Waals surface area contributed by atoms with Crippen LogP contribution in [0, 0.1) is 0 Å². The Morgan fingerprint density at radius 1 is 1.04 bits per heavy atom. The molecule has 0 aliphatic heterocycles. The summed E-state index contributed by atoms with van der Waals surface area (Å²) in [4.78, 5) is 0.0559. The number of methoxy groups -OCH3 is 1. The van der Waals surface area contributed by atoms with Crippen LogP contribution < -0.4 is 9.86 Å². The lowest BCUT2D eigenvalue weighted by molar-refractivity contribution is 0.0784. The number of primary sulfonamides is 1. The molecule has 0 heterocycles. The number of ether oxygens (including phenoxy) is 2. The Balaban J connectivity index is 2.27. The highest BCUT2D eigenvalue weighted by Crippen LogP contribution is 2.10. The van der Waals surface area contributed by atoms with Gasteiger partial charge >= 0.3 is 0 Å². The van der Waals surface area contributed by atoms with Gasteiger partial charge in [-0.2, -0.15) is 0 Å². The first kappa shape index (κ1) is 21.0. The lowest BCUT2D eigenvalue weighted by Gasteiger charge is -2.08. The predicted octanol–water partition coefficient (Wildman–Crippen LogP) is -0.151. The van der Waals surface area contributed by atoms with E-state index >= 15 is 0 Å². The van der Waals surface area contributed by atoms with Crippen molar-refractivity contribution in [1.82, 2.24) is 4.72 Å². The van der Waals surface area contributed by atoms with E-state index in [9.17, 15) is 16.8 Å². The minimum Gasteiger partial charge on any atom is -0.382 e. The topological polar surface area (TPSA) is 125 Å². The van der Waals surface area contributed by atoms with Crippen LogP contribution in [0.15, 0.2) is 29.2 Å². The molecule has 0 radical (unpaired) electrons. The maximum atomic E-state index is 11.7. The summed E-state index contributed by atoms with van der Waals surface area (Å²) in [7, 11) is -5.51. The number of sulfonamides is 2. The Morgan fingerprint density at radius 2 is 1.71 bits per heavy atom. The van der Waals surface area contributed by atoms with Gasteiger partial charge in [0.25, 0.3) is 0 Å². The van der Waals surface area contributed by atoms with Crippen molar-refractivity contribution in [3.63, 3.8) is 0 Å². The quantitative estimate of drug-likeness (QED) is 0.486. The summed E-state index contributed by atoms with van der Waals surface area (Å²) in [6, 6.07) is 6.20. The molecule has 0 aromatic heterocycles. The highest BCUT2D eigenvalue weighted by Gasteiger charge is 2.10. The van der Waals surface area contributed by atoms with Crippen LogP contribution in [0.3, 0.4) is 0 Å². The van der Waals surface area contributed by atoms with Crippen molar-refractivity contribution in [2.45, 2.75) is 17.7 Å². The van der Waals surface area contributed by atoms with Crippen molar-refractivity contribution in [3.8, 4) is 0 Å². The molecule has 0 aliphatic carbocycles. The van der Waals surface area contributed by atoms with Gasteiger partial charge in [-0.1, -0.05) is 12.1 Å². The van der Waals surface area contributed by atoms with Crippen LogP contribution in [-0.2, 0) is 35.9 Å². The van der Waals surface area contributed by atoms with Gasteiger partial charge in [0, 0.05) is 13.7 Å². The highest BCUT2D eigenvalue weighted by molar-refractivity contribution is 7.89. The first-order chi connectivity index (χ1) is 11.2. The lowest BCUT2D eigenvalue weighted by Crippen LogP contribution is -2.29. The van der Waals surface area contributed by atoms with Crippen LogP contribution >= 0.6 is 0 Å². The molecule has 3 N–H and O–H groups in total. The molecule has 0 atom stereocenters. The van der Waals surface area contributed by atoms with Crippen LogP contribution in [0.1, 0.15) is 12.0 Å². The second kappa shape index (κ2) is 10.1. The van der Waals surface area contributed by atoms with Crippen LogP contribution in [-0.4, -0.2) is 56.1 Å². The molecular weight excluding hydrogens is 356 g/mol. The molecule has 1 aromatic carbocycles. The SMILES string of the molecule is COCCOCCS(=O)(=O)NCCCc1ccc(S(N)(=O)=O)cc1. The number of nitrogens with two attached hydrogens (primary N) is 1. The maximum Gasteiger partial charge on any atom is 0.238 e. The zero-order valence-corrected chi connectivity index (χ0v) is 15.2. The van der Waals surface area contributed by atoms with Gasteiger partial charge in [0.05, 0.1) is 30.5 Å². The zero-order chi connectivity index (χ0) is 18.1. The van der Waals surface area contributed by atoms with Gasteiger partial charge in [0.2, 0.25) is 20.0 Å². The third-order valence-corrected chi connectivity index (χ3v) is 5.42. The molecule has 0 bridgehead atoms. The van der Waals surface area contributed by atoms with E-state index in [4.69, 9.17) is 14.6 Å². The van der Waals surface area contributed by atoms with Crippen molar-refractivity contribution >= 4 is 20.0 Å². The van der Waals surface area contributed by atoms with E-state index in [1.165, 1.54) is 12.1 Å². The molecule has 1 rings (SSSR count). The van der Waals surface area contributed by atoms with Gasteiger partial charge < -0.3 is 9.47 Å². The summed E-state index contributed by atoms with van der Waals surface area (Å²) >= 11 is 0. The van der Waals surface area contributed by atoms with Gasteiger partial charge in [-0.25, -0.2) is 26.7 Å². The van der Waals surface area contributed by atoms with E-state index in [-0.39, 0.29) is 17.3 Å². The monoisotopic (exact) mass is 380 g/mol. The minimum atomic E-state index is -3.69. The zero-order valence-electron chi connectivity index (χ0n) is 13.6. The minimum absolute atomic E-state index is 0.0559. The fourth-order valence-electron chi connectivity index (χ4n) is 1.85. The maximum absolute atomic E-state index is 11.7. The van der Waals surface area contributed by atoms with Crippen LogP contribution in [0.25, 0.3) is 0 Å². The average molecular weight is 380 g/mol. The normalized spacial score (nSPS) is 12.4. The van der Waals surface area contributed by atoms with E-state index in [1.807, 2.05) is 0 Å². The standard InChI is InChI=1S/C14H24N2O6S2/c1-21-9-10-22-11-12-23(17,18)16-8-2-3-13-4-6-14(7-5-13)24(15,19)20/h4-7,16H,2-3,8-12H2,1H3,(H2,15,19,20). The summed E-state index contributed by atoms with van der Waals surface area (Å²) in [5, 5.41) is 5.02. The molecule has 0 amide bonds. The third-order valence-electron chi connectivity index (χ3n) is 3.14. The molecule has 10 heteroatoms. The Kier molecular flexibility index (Phi) is 8.81. The summed E-state index contributed by atoms with van der Waals surface area (Å²) in [5.41, 5.74) is 0.907. The molecule has 1 aromatic rings. The molecule has 0 spiro atoms. The van der Waals surface area contributed by atoms with Gasteiger partial charge in [-0.05, 0) is 30.5 Å². The molecule has 0 saturated heterocycles. The Labute approximate surface area is 143 Å². The van der Waals surface area contributed by atoms with Crippen molar-refractivity contribution in [2.75, 3.05) is 39.2 Å². The molecule has 8 nitrogen and oxygen atoms in total. The fraction of sp³-hybridized carbons (Fsp3) is 0.571. The van der Waals surface area contributed by atoms with E-state index in [1.54, 1.807) is 19.2 Å². The smallest absolute Gasteiger partial charge is 0.238 e. The van der Waals surface area contributed by atoms with Crippen molar-refractivity contribution in [1.29, 1.82) is 0 Å². The summed E-state index contributed by atoms with van der Waals surface area (Å²) < 4.78 is 58.2. The summed E-state index contributed by atoms with van der Waals surface area (Å²) in [5.74, 6) is -0.0974. The first-order valence-corrected chi connectivity index (χ1v) is 10.6. The van der Waals surface area contributed by atoms with Crippen molar-refractivity contribution < 1.29 is 26.3 Å². The summed E-state index contributed by atoms with van der Waals surface area (Å²) in [6.45, 7) is 1.21. The lowest BCUT2D eigenvalue weighted by atomic mass is 10.1. The molecule has 0 aliphatic rings. The van der Waals surface area contributed by atoms with Crippen molar-refractivity contribution in [3.05, 3.63) is 29.8 Å². The molecule has 0 fully saturated rings. The largest absolute Gasteiger partial charge is 0.382 e. The third kappa shape index (κ3) is 8.71. The number of rotatable bonds is 12. The van der Waals surface area contributed by atoms with E-state index in [2.05, 4.69) is 4.72 Å². The van der Waals surface area contributed by atoms with E-state index in [0.717, 1.165) is 5.56 Å². The van der Waals surface area contributed by atoms with Gasteiger partial charge in [-0.3, -0.25) is 0 Å². The van der Waals surface area contributed by atoms with E-state index < -0.39 is 20.0 Å². The van der Waals surface area contributed by atoms with Gasteiger partial charge in [0.1, 0.15) is 0 Å². The molecule has 138 valence electrons. The van der Waals surface area contributed by atoms with Crippen LogP contribution in [0.5, 0.6) is 0 Å². The molecular formula is C14H24N2O6S2. The first-order valence-electron chi connectivity index (χ1n) is 7.40.